The summed E-state index contributed by atoms with van der Waals surface area (Å²) in [5.41, 5.74) is 7.29. The average Bonchev–Trinajstić information content (AvgIpc) is 2.42. The standard InChI is InChI=1S/C14H11Cl2N3OS/c15-9-5-8(13(20)12(16)6-9)7-18-10-1-3-11(4-2-10)19-14(17)21/h1-7,20H,(H3,17,19,21). The molecule has 0 heterocycles. The number of rotatable bonds is 3. The fourth-order valence-electron chi connectivity index (χ4n) is 1.60. The van der Waals surface area contributed by atoms with Gasteiger partial charge < -0.3 is 16.2 Å². The molecule has 0 bridgehead atoms. The Morgan fingerprint density at radius 1 is 1.24 bits per heavy atom. The minimum absolute atomic E-state index is 0.0587. The van der Waals surface area contributed by atoms with Gasteiger partial charge in [-0.15, -0.1) is 0 Å². The van der Waals surface area contributed by atoms with E-state index in [4.69, 9.17) is 41.2 Å². The Morgan fingerprint density at radius 2 is 1.90 bits per heavy atom. The van der Waals surface area contributed by atoms with Crippen molar-refractivity contribution in [1.82, 2.24) is 0 Å². The third-order valence-electron chi connectivity index (χ3n) is 2.55. The number of hydrogen-bond donors (Lipinski definition) is 3. The normalized spacial score (nSPS) is 10.8. The largest absolute Gasteiger partial charge is 0.506 e. The van der Waals surface area contributed by atoms with Gasteiger partial charge in [-0.3, -0.25) is 4.99 Å². The van der Waals surface area contributed by atoms with E-state index in [2.05, 4.69) is 10.3 Å². The van der Waals surface area contributed by atoms with E-state index in [1.54, 1.807) is 30.3 Å². The Balaban J connectivity index is 2.20. The van der Waals surface area contributed by atoms with Gasteiger partial charge in [0.2, 0.25) is 0 Å². The van der Waals surface area contributed by atoms with E-state index in [1.165, 1.54) is 12.3 Å². The van der Waals surface area contributed by atoms with Crippen LogP contribution in [0.15, 0.2) is 41.4 Å². The van der Waals surface area contributed by atoms with Crippen LogP contribution in [0.2, 0.25) is 10.0 Å². The third kappa shape index (κ3) is 4.32. The molecule has 0 spiro atoms. The summed E-state index contributed by atoms with van der Waals surface area (Å²) in [5.74, 6) is -0.0587. The Hall–Kier alpha value is -1.82. The number of halogens is 2. The zero-order chi connectivity index (χ0) is 15.4. The first-order chi connectivity index (χ1) is 9.95. The lowest BCUT2D eigenvalue weighted by Crippen LogP contribution is -2.18. The minimum atomic E-state index is -0.0587. The van der Waals surface area contributed by atoms with E-state index in [9.17, 15) is 5.11 Å². The van der Waals surface area contributed by atoms with Crippen molar-refractivity contribution in [3.63, 3.8) is 0 Å². The second-order valence-electron chi connectivity index (χ2n) is 4.12. The van der Waals surface area contributed by atoms with E-state index in [1.807, 2.05) is 0 Å². The molecule has 4 N–H and O–H groups in total. The summed E-state index contributed by atoms with van der Waals surface area (Å²) in [6.45, 7) is 0. The lowest BCUT2D eigenvalue weighted by Gasteiger charge is -2.04. The molecule has 2 rings (SSSR count). The first-order valence-electron chi connectivity index (χ1n) is 5.84. The first-order valence-corrected chi connectivity index (χ1v) is 7.01. The lowest BCUT2D eigenvalue weighted by molar-refractivity contribution is 0.475. The summed E-state index contributed by atoms with van der Waals surface area (Å²) < 4.78 is 0. The molecule has 0 radical (unpaired) electrons. The molecule has 0 saturated carbocycles. The molecule has 0 unspecified atom stereocenters. The van der Waals surface area contributed by atoms with E-state index in [0.29, 0.717) is 16.3 Å². The Morgan fingerprint density at radius 3 is 2.52 bits per heavy atom. The number of nitrogens with two attached hydrogens (primary N) is 1. The number of phenols is 1. The van der Waals surface area contributed by atoms with Crippen molar-refractivity contribution in [2.24, 2.45) is 10.7 Å². The molecule has 2 aromatic rings. The van der Waals surface area contributed by atoms with Crippen molar-refractivity contribution in [3.05, 3.63) is 52.0 Å². The van der Waals surface area contributed by atoms with Gasteiger partial charge in [0.15, 0.2) is 5.11 Å². The van der Waals surface area contributed by atoms with Crippen LogP contribution >= 0.6 is 35.4 Å². The van der Waals surface area contributed by atoms with Gasteiger partial charge in [-0.05, 0) is 48.6 Å². The lowest BCUT2D eigenvalue weighted by atomic mass is 10.2. The van der Waals surface area contributed by atoms with Gasteiger partial charge in [-0.2, -0.15) is 0 Å². The van der Waals surface area contributed by atoms with Crippen LogP contribution < -0.4 is 11.1 Å². The van der Waals surface area contributed by atoms with Crippen LogP contribution in [0.4, 0.5) is 11.4 Å². The van der Waals surface area contributed by atoms with Crippen LogP contribution in [0.25, 0.3) is 0 Å². The van der Waals surface area contributed by atoms with Crippen LogP contribution in [0.5, 0.6) is 5.75 Å². The Kier molecular flexibility index (Phi) is 5.01. The van der Waals surface area contributed by atoms with Crippen molar-refractivity contribution in [1.29, 1.82) is 0 Å². The number of hydrogen-bond acceptors (Lipinski definition) is 3. The quantitative estimate of drug-likeness (QED) is 0.581. The number of nitrogens with zero attached hydrogens (tertiary/aromatic N) is 1. The highest BCUT2D eigenvalue weighted by Gasteiger charge is 2.05. The maximum Gasteiger partial charge on any atom is 0.168 e. The topological polar surface area (TPSA) is 70.6 Å². The number of phenolic OH excluding ortho intramolecular Hbond substituents is 1. The second kappa shape index (κ2) is 6.76. The average molecular weight is 340 g/mol. The minimum Gasteiger partial charge on any atom is -0.506 e. The molecule has 0 aromatic heterocycles. The van der Waals surface area contributed by atoms with E-state index >= 15 is 0 Å². The predicted octanol–water partition coefficient (Wildman–Crippen LogP) is 4.11. The van der Waals surface area contributed by atoms with Gasteiger partial charge in [-0.1, -0.05) is 23.2 Å². The molecule has 2 aromatic carbocycles. The number of thiocarbonyl (C=S) groups is 1. The molecular formula is C14H11Cl2N3OS. The van der Waals surface area contributed by atoms with Crippen LogP contribution in [-0.4, -0.2) is 16.4 Å². The van der Waals surface area contributed by atoms with Gasteiger partial charge in [-0.25, -0.2) is 0 Å². The van der Waals surface area contributed by atoms with E-state index in [0.717, 1.165) is 5.69 Å². The van der Waals surface area contributed by atoms with Crippen molar-refractivity contribution >= 4 is 58.1 Å². The van der Waals surface area contributed by atoms with Gasteiger partial charge in [0.25, 0.3) is 0 Å². The summed E-state index contributed by atoms with van der Waals surface area (Å²) >= 11 is 16.5. The number of aliphatic imine (C=N–C) groups is 1. The molecule has 7 heteroatoms. The van der Waals surface area contributed by atoms with Gasteiger partial charge in [0, 0.05) is 22.5 Å². The maximum atomic E-state index is 9.82. The molecule has 0 aliphatic rings. The Bertz CT molecular complexity index is 702. The highest BCUT2D eigenvalue weighted by Crippen LogP contribution is 2.30. The summed E-state index contributed by atoms with van der Waals surface area (Å²) in [7, 11) is 0. The fourth-order valence-corrected chi connectivity index (χ4v) is 2.23. The molecule has 0 aliphatic carbocycles. The third-order valence-corrected chi connectivity index (χ3v) is 3.15. The molecular weight excluding hydrogens is 329 g/mol. The molecule has 0 amide bonds. The molecule has 4 nitrogen and oxygen atoms in total. The summed E-state index contributed by atoms with van der Waals surface area (Å²) in [6, 6.07) is 10.2. The van der Waals surface area contributed by atoms with E-state index in [-0.39, 0.29) is 15.9 Å². The first kappa shape index (κ1) is 15.6. The Labute approximate surface area is 137 Å². The van der Waals surface area contributed by atoms with Crippen LogP contribution in [0.1, 0.15) is 5.56 Å². The summed E-state index contributed by atoms with van der Waals surface area (Å²) in [5, 5.41) is 13.4. The predicted molar refractivity (Wildman–Crippen MR) is 92.2 cm³/mol. The molecule has 21 heavy (non-hydrogen) atoms. The van der Waals surface area contributed by atoms with Crippen molar-refractivity contribution in [3.8, 4) is 5.75 Å². The van der Waals surface area contributed by atoms with Gasteiger partial charge in [0.1, 0.15) is 5.75 Å². The maximum absolute atomic E-state index is 9.82. The van der Waals surface area contributed by atoms with Gasteiger partial charge >= 0.3 is 0 Å². The number of benzene rings is 2. The van der Waals surface area contributed by atoms with Crippen molar-refractivity contribution in [2.45, 2.75) is 0 Å². The van der Waals surface area contributed by atoms with Crippen LogP contribution in [0, 0.1) is 0 Å². The van der Waals surface area contributed by atoms with Gasteiger partial charge in [0.05, 0.1) is 10.7 Å². The molecule has 0 saturated heterocycles. The zero-order valence-electron chi connectivity index (χ0n) is 10.7. The summed E-state index contributed by atoms with van der Waals surface area (Å²) in [4.78, 5) is 4.25. The smallest absolute Gasteiger partial charge is 0.168 e. The highest BCUT2D eigenvalue weighted by molar-refractivity contribution is 7.80. The molecule has 0 fully saturated rings. The van der Waals surface area contributed by atoms with Crippen LogP contribution in [0.3, 0.4) is 0 Å². The SMILES string of the molecule is NC(=S)Nc1ccc(N=Cc2cc(Cl)cc(Cl)c2O)cc1. The molecule has 0 aliphatic heterocycles. The molecule has 108 valence electrons. The highest BCUT2D eigenvalue weighted by atomic mass is 35.5. The monoisotopic (exact) mass is 339 g/mol. The van der Waals surface area contributed by atoms with Crippen molar-refractivity contribution in [2.75, 3.05) is 5.32 Å². The second-order valence-corrected chi connectivity index (χ2v) is 5.40. The van der Waals surface area contributed by atoms with Crippen molar-refractivity contribution < 1.29 is 5.11 Å². The number of nitrogens with one attached hydrogen (secondary N) is 1. The summed E-state index contributed by atoms with van der Waals surface area (Å²) in [6.07, 6.45) is 1.49. The number of anilines is 1. The molecule has 0 atom stereocenters. The number of aromatic hydroxyl groups is 1. The van der Waals surface area contributed by atoms with E-state index < -0.39 is 0 Å². The zero-order valence-corrected chi connectivity index (χ0v) is 13.0. The van der Waals surface area contributed by atoms with Crippen LogP contribution in [-0.2, 0) is 0 Å². The fraction of sp³-hybridized carbons (Fsp3) is 0.